The number of hydrogen-bond acceptors (Lipinski definition) is 4. The SMILES string of the molecule is NCCCc1csc(C2CCNC2)n1. The summed E-state index contributed by atoms with van der Waals surface area (Å²) >= 11 is 1.81. The summed E-state index contributed by atoms with van der Waals surface area (Å²) in [6, 6.07) is 0. The zero-order chi connectivity index (χ0) is 9.80. The molecule has 0 radical (unpaired) electrons. The molecule has 1 saturated heterocycles. The molecule has 0 aliphatic carbocycles. The lowest BCUT2D eigenvalue weighted by atomic mass is 10.1. The highest BCUT2D eigenvalue weighted by molar-refractivity contribution is 7.09. The molecule has 1 aromatic rings. The summed E-state index contributed by atoms with van der Waals surface area (Å²) < 4.78 is 0. The lowest BCUT2D eigenvalue weighted by molar-refractivity contribution is 0.741. The second kappa shape index (κ2) is 4.87. The van der Waals surface area contributed by atoms with E-state index >= 15 is 0 Å². The van der Waals surface area contributed by atoms with Gasteiger partial charge in [0.05, 0.1) is 10.7 Å². The van der Waals surface area contributed by atoms with Gasteiger partial charge in [0, 0.05) is 17.8 Å². The van der Waals surface area contributed by atoms with Crippen LogP contribution in [0, 0.1) is 0 Å². The van der Waals surface area contributed by atoms with Crippen LogP contribution in [0.3, 0.4) is 0 Å². The van der Waals surface area contributed by atoms with Crippen LogP contribution in [0.2, 0.25) is 0 Å². The molecule has 2 heterocycles. The molecule has 78 valence electrons. The van der Waals surface area contributed by atoms with Crippen LogP contribution in [0.25, 0.3) is 0 Å². The van der Waals surface area contributed by atoms with E-state index in [0.29, 0.717) is 5.92 Å². The molecule has 0 bridgehead atoms. The third-order valence-corrected chi connectivity index (χ3v) is 3.67. The van der Waals surface area contributed by atoms with Gasteiger partial charge >= 0.3 is 0 Å². The maximum Gasteiger partial charge on any atom is 0.0972 e. The first kappa shape index (κ1) is 10.1. The first-order valence-electron chi connectivity index (χ1n) is 5.25. The van der Waals surface area contributed by atoms with Crippen molar-refractivity contribution in [1.82, 2.24) is 10.3 Å². The fourth-order valence-electron chi connectivity index (χ4n) is 1.77. The lowest BCUT2D eigenvalue weighted by Crippen LogP contribution is -2.07. The highest BCUT2D eigenvalue weighted by Crippen LogP contribution is 2.25. The number of aromatic nitrogens is 1. The number of thiazole rings is 1. The van der Waals surface area contributed by atoms with Gasteiger partial charge in [-0.3, -0.25) is 0 Å². The zero-order valence-electron chi connectivity index (χ0n) is 8.33. The standard InChI is InChI=1S/C10H17N3S/c11-4-1-2-9-7-14-10(13-9)8-3-5-12-6-8/h7-8,12H,1-6,11H2. The molecule has 0 aromatic carbocycles. The minimum atomic E-state index is 0.659. The summed E-state index contributed by atoms with van der Waals surface area (Å²) in [5.41, 5.74) is 6.70. The molecular weight excluding hydrogens is 194 g/mol. The first-order chi connectivity index (χ1) is 6.90. The van der Waals surface area contributed by atoms with Gasteiger partial charge in [-0.25, -0.2) is 4.98 Å². The predicted molar refractivity (Wildman–Crippen MR) is 59.7 cm³/mol. The van der Waals surface area contributed by atoms with Crippen LogP contribution in [0.5, 0.6) is 0 Å². The van der Waals surface area contributed by atoms with Crippen molar-refractivity contribution in [2.24, 2.45) is 5.73 Å². The van der Waals surface area contributed by atoms with Crippen LogP contribution >= 0.6 is 11.3 Å². The van der Waals surface area contributed by atoms with Crippen molar-refractivity contribution < 1.29 is 0 Å². The molecule has 0 saturated carbocycles. The lowest BCUT2D eigenvalue weighted by Gasteiger charge is -2.01. The van der Waals surface area contributed by atoms with Gasteiger partial charge < -0.3 is 11.1 Å². The third kappa shape index (κ3) is 2.32. The van der Waals surface area contributed by atoms with E-state index in [2.05, 4.69) is 15.7 Å². The van der Waals surface area contributed by atoms with Crippen molar-refractivity contribution in [3.05, 3.63) is 16.1 Å². The maximum absolute atomic E-state index is 5.47. The average molecular weight is 211 g/mol. The van der Waals surface area contributed by atoms with Gasteiger partial charge in [-0.1, -0.05) is 0 Å². The molecule has 1 unspecified atom stereocenters. The van der Waals surface area contributed by atoms with Gasteiger partial charge in [-0.2, -0.15) is 0 Å². The minimum absolute atomic E-state index is 0.659. The number of aryl methyl sites for hydroxylation is 1. The molecule has 0 spiro atoms. The van der Waals surface area contributed by atoms with Gasteiger partial charge in [-0.15, -0.1) is 11.3 Å². The van der Waals surface area contributed by atoms with Crippen molar-refractivity contribution in [2.75, 3.05) is 19.6 Å². The quantitative estimate of drug-likeness (QED) is 0.784. The number of nitrogens with zero attached hydrogens (tertiary/aromatic N) is 1. The Bertz CT molecular complexity index is 279. The Morgan fingerprint density at radius 1 is 1.64 bits per heavy atom. The van der Waals surface area contributed by atoms with Gasteiger partial charge in [0.1, 0.15) is 0 Å². The predicted octanol–water partition coefficient (Wildman–Crippen LogP) is 1.11. The molecule has 1 aliphatic rings. The maximum atomic E-state index is 5.47. The van der Waals surface area contributed by atoms with E-state index in [1.54, 1.807) is 11.3 Å². The molecular formula is C10H17N3S. The van der Waals surface area contributed by atoms with Crippen LogP contribution in [0.4, 0.5) is 0 Å². The van der Waals surface area contributed by atoms with E-state index in [1.807, 2.05) is 0 Å². The van der Waals surface area contributed by atoms with E-state index in [0.717, 1.165) is 32.5 Å². The van der Waals surface area contributed by atoms with Gasteiger partial charge in [-0.05, 0) is 32.4 Å². The van der Waals surface area contributed by atoms with Crippen LogP contribution in [0.15, 0.2) is 5.38 Å². The van der Waals surface area contributed by atoms with Crippen LogP contribution in [-0.2, 0) is 6.42 Å². The molecule has 1 fully saturated rings. The average Bonchev–Trinajstić information content (AvgIpc) is 2.85. The Balaban J connectivity index is 1.94. The van der Waals surface area contributed by atoms with E-state index < -0.39 is 0 Å². The van der Waals surface area contributed by atoms with Crippen molar-refractivity contribution in [1.29, 1.82) is 0 Å². The second-order valence-electron chi connectivity index (χ2n) is 3.76. The fraction of sp³-hybridized carbons (Fsp3) is 0.700. The van der Waals surface area contributed by atoms with Crippen LogP contribution in [-0.4, -0.2) is 24.6 Å². The van der Waals surface area contributed by atoms with Gasteiger partial charge in [0.2, 0.25) is 0 Å². The molecule has 4 heteroatoms. The van der Waals surface area contributed by atoms with E-state index in [4.69, 9.17) is 5.73 Å². The summed E-state index contributed by atoms with van der Waals surface area (Å²) in [5, 5.41) is 6.86. The number of nitrogens with two attached hydrogens (primary N) is 1. The summed E-state index contributed by atoms with van der Waals surface area (Å²) in [4.78, 5) is 4.65. The van der Waals surface area contributed by atoms with Crippen molar-refractivity contribution >= 4 is 11.3 Å². The van der Waals surface area contributed by atoms with E-state index in [1.165, 1.54) is 17.1 Å². The summed E-state index contributed by atoms with van der Waals surface area (Å²) in [6.45, 7) is 3.00. The Kier molecular flexibility index (Phi) is 3.50. The summed E-state index contributed by atoms with van der Waals surface area (Å²) in [5.74, 6) is 0.659. The van der Waals surface area contributed by atoms with Crippen LogP contribution in [0.1, 0.15) is 29.5 Å². The van der Waals surface area contributed by atoms with E-state index in [9.17, 15) is 0 Å². The smallest absolute Gasteiger partial charge is 0.0972 e. The Hall–Kier alpha value is -0.450. The molecule has 1 aliphatic heterocycles. The first-order valence-corrected chi connectivity index (χ1v) is 6.13. The normalized spacial score (nSPS) is 21.6. The molecule has 3 nitrogen and oxygen atoms in total. The monoisotopic (exact) mass is 211 g/mol. The molecule has 1 aromatic heterocycles. The molecule has 2 rings (SSSR count). The highest BCUT2D eigenvalue weighted by Gasteiger charge is 2.19. The van der Waals surface area contributed by atoms with Gasteiger partial charge in [0.15, 0.2) is 0 Å². The Labute approximate surface area is 88.7 Å². The van der Waals surface area contributed by atoms with Gasteiger partial charge in [0.25, 0.3) is 0 Å². The molecule has 3 N–H and O–H groups in total. The topological polar surface area (TPSA) is 50.9 Å². The molecule has 0 amide bonds. The number of nitrogens with one attached hydrogen (secondary N) is 1. The van der Waals surface area contributed by atoms with Crippen molar-refractivity contribution in [2.45, 2.75) is 25.2 Å². The van der Waals surface area contributed by atoms with Crippen LogP contribution < -0.4 is 11.1 Å². The molecule has 1 atom stereocenters. The van der Waals surface area contributed by atoms with E-state index in [-0.39, 0.29) is 0 Å². The fourth-order valence-corrected chi connectivity index (χ4v) is 2.76. The zero-order valence-corrected chi connectivity index (χ0v) is 9.15. The second-order valence-corrected chi connectivity index (χ2v) is 4.65. The van der Waals surface area contributed by atoms with Crippen molar-refractivity contribution in [3.8, 4) is 0 Å². The minimum Gasteiger partial charge on any atom is -0.330 e. The summed E-state index contributed by atoms with van der Waals surface area (Å²) in [7, 11) is 0. The highest BCUT2D eigenvalue weighted by atomic mass is 32.1. The summed E-state index contributed by atoms with van der Waals surface area (Å²) in [6.07, 6.45) is 3.32. The largest absolute Gasteiger partial charge is 0.330 e. The number of rotatable bonds is 4. The molecule has 14 heavy (non-hydrogen) atoms. The number of hydrogen-bond donors (Lipinski definition) is 2. The Morgan fingerprint density at radius 3 is 3.29 bits per heavy atom. The Morgan fingerprint density at radius 2 is 2.57 bits per heavy atom. The third-order valence-electron chi connectivity index (χ3n) is 2.62. The van der Waals surface area contributed by atoms with Crippen molar-refractivity contribution in [3.63, 3.8) is 0 Å².